The van der Waals surface area contributed by atoms with E-state index in [9.17, 15) is 4.79 Å². The van der Waals surface area contributed by atoms with Gasteiger partial charge in [0, 0.05) is 23.7 Å². The molecule has 0 radical (unpaired) electrons. The molecule has 0 atom stereocenters. The van der Waals surface area contributed by atoms with Gasteiger partial charge in [-0.05, 0) is 78.9 Å². The van der Waals surface area contributed by atoms with Crippen LogP contribution in [0, 0.1) is 0 Å². The van der Waals surface area contributed by atoms with Gasteiger partial charge < -0.3 is 10.1 Å². The number of piperidine rings is 1. The zero-order valence-electron chi connectivity index (χ0n) is 18.7. The number of ether oxygens (including phenoxy) is 1. The molecule has 6 heteroatoms. The van der Waals surface area contributed by atoms with E-state index in [1.165, 1.54) is 11.1 Å². The number of hydrogen-bond acceptors (Lipinski definition) is 3. The molecule has 0 bridgehead atoms. The normalized spacial score (nSPS) is 14.8. The van der Waals surface area contributed by atoms with Crippen LogP contribution >= 0.6 is 23.2 Å². The number of nitrogens with one attached hydrogen (secondary N) is 1. The standard InChI is InChI=1S/C27H28Cl2N2O2/c1-33-26-9-8-20(15-25(26)29)18-31-12-10-21(11-13-31)22-5-2-4-19(14-22)17-30-27(32)23-6-3-7-24(28)16-23/h2-9,14-16,21H,10-13,17-18H2,1H3,(H,30,32). The molecule has 1 fully saturated rings. The van der Waals surface area contributed by atoms with E-state index in [1.54, 1.807) is 31.4 Å². The van der Waals surface area contributed by atoms with Gasteiger partial charge in [-0.25, -0.2) is 0 Å². The highest BCUT2D eigenvalue weighted by Gasteiger charge is 2.21. The van der Waals surface area contributed by atoms with Gasteiger partial charge >= 0.3 is 0 Å². The van der Waals surface area contributed by atoms with Gasteiger partial charge in [0.05, 0.1) is 12.1 Å². The second-order valence-corrected chi connectivity index (χ2v) is 9.30. The molecular formula is C27H28Cl2N2O2. The molecule has 0 aromatic heterocycles. The number of benzene rings is 3. The minimum Gasteiger partial charge on any atom is -0.495 e. The lowest BCUT2D eigenvalue weighted by Crippen LogP contribution is -2.32. The molecule has 33 heavy (non-hydrogen) atoms. The Morgan fingerprint density at radius 2 is 1.79 bits per heavy atom. The van der Waals surface area contributed by atoms with Gasteiger partial charge in [0.1, 0.15) is 5.75 Å². The Morgan fingerprint density at radius 1 is 1.00 bits per heavy atom. The number of nitrogens with zero attached hydrogens (tertiary/aromatic N) is 1. The maximum atomic E-state index is 12.4. The first-order valence-corrected chi connectivity index (χ1v) is 11.9. The van der Waals surface area contributed by atoms with E-state index in [-0.39, 0.29) is 5.91 Å². The van der Waals surface area contributed by atoms with Gasteiger partial charge in [-0.1, -0.05) is 59.6 Å². The van der Waals surface area contributed by atoms with Crippen LogP contribution in [0.4, 0.5) is 0 Å². The molecule has 1 amide bonds. The molecule has 3 aromatic rings. The number of halogens is 2. The smallest absolute Gasteiger partial charge is 0.251 e. The highest BCUT2D eigenvalue weighted by atomic mass is 35.5. The van der Waals surface area contributed by atoms with Crippen molar-refractivity contribution in [2.75, 3.05) is 20.2 Å². The van der Waals surface area contributed by atoms with E-state index >= 15 is 0 Å². The van der Waals surface area contributed by atoms with Crippen molar-refractivity contribution in [3.8, 4) is 5.75 Å². The summed E-state index contributed by atoms with van der Waals surface area (Å²) in [4.78, 5) is 14.9. The van der Waals surface area contributed by atoms with Gasteiger partial charge in [-0.15, -0.1) is 0 Å². The van der Waals surface area contributed by atoms with Crippen LogP contribution in [0.1, 0.15) is 45.8 Å². The summed E-state index contributed by atoms with van der Waals surface area (Å²) in [6.45, 7) is 3.48. The van der Waals surface area contributed by atoms with E-state index in [4.69, 9.17) is 27.9 Å². The fraction of sp³-hybridized carbons (Fsp3) is 0.296. The molecule has 0 saturated carbocycles. The summed E-state index contributed by atoms with van der Waals surface area (Å²) in [5, 5.41) is 4.21. The zero-order chi connectivity index (χ0) is 23.2. The molecule has 1 saturated heterocycles. The molecule has 4 nitrogen and oxygen atoms in total. The highest BCUT2D eigenvalue weighted by Crippen LogP contribution is 2.30. The first-order chi connectivity index (χ1) is 16.0. The van der Waals surface area contributed by atoms with E-state index in [2.05, 4.69) is 40.5 Å². The second-order valence-electron chi connectivity index (χ2n) is 8.46. The van der Waals surface area contributed by atoms with Crippen LogP contribution in [0.3, 0.4) is 0 Å². The summed E-state index contributed by atoms with van der Waals surface area (Å²) in [6, 6.07) is 21.6. The Labute approximate surface area is 205 Å². The average molecular weight is 483 g/mol. The predicted molar refractivity (Wildman–Crippen MR) is 134 cm³/mol. The quantitative estimate of drug-likeness (QED) is 0.428. The molecule has 0 unspecified atom stereocenters. The molecule has 172 valence electrons. The van der Waals surface area contributed by atoms with Gasteiger partial charge in [-0.3, -0.25) is 9.69 Å². The van der Waals surface area contributed by atoms with Crippen molar-refractivity contribution in [2.45, 2.75) is 31.8 Å². The molecular weight excluding hydrogens is 455 g/mol. The van der Waals surface area contributed by atoms with Crippen LogP contribution in [-0.4, -0.2) is 31.0 Å². The van der Waals surface area contributed by atoms with E-state index in [1.807, 2.05) is 12.1 Å². The molecule has 0 spiro atoms. The lowest BCUT2D eigenvalue weighted by molar-refractivity contribution is 0.0951. The first-order valence-electron chi connectivity index (χ1n) is 11.2. The third kappa shape index (κ3) is 6.29. The van der Waals surface area contributed by atoms with Gasteiger partial charge in [0.25, 0.3) is 5.91 Å². The Balaban J connectivity index is 1.30. The first kappa shape index (κ1) is 23.6. The van der Waals surface area contributed by atoms with E-state index in [0.29, 0.717) is 33.8 Å². The van der Waals surface area contributed by atoms with Crippen molar-refractivity contribution < 1.29 is 9.53 Å². The fourth-order valence-corrected chi connectivity index (χ4v) is 4.83. The second kappa shape index (κ2) is 11.1. The number of amides is 1. The van der Waals surface area contributed by atoms with E-state index in [0.717, 1.165) is 38.0 Å². The van der Waals surface area contributed by atoms with Crippen LogP contribution in [0.2, 0.25) is 10.0 Å². The van der Waals surface area contributed by atoms with Crippen LogP contribution < -0.4 is 10.1 Å². The average Bonchev–Trinajstić information content (AvgIpc) is 2.83. The maximum Gasteiger partial charge on any atom is 0.251 e. The zero-order valence-corrected chi connectivity index (χ0v) is 20.2. The molecule has 1 heterocycles. The van der Waals surface area contributed by atoms with Crippen molar-refractivity contribution in [3.05, 3.63) is 99.0 Å². The maximum absolute atomic E-state index is 12.4. The summed E-state index contributed by atoms with van der Waals surface area (Å²) >= 11 is 12.3. The number of carbonyl (C=O) groups excluding carboxylic acids is 1. The summed E-state index contributed by atoms with van der Waals surface area (Å²) in [5.41, 5.74) is 4.23. The molecule has 1 aliphatic rings. The van der Waals surface area contributed by atoms with E-state index < -0.39 is 0 Å². The van der Waals surface area contributed by atoms with Crippen molar-refractivity contribution in [3.63, 3.8) is 0 Å². The summed E-state index contributed by atoms with van der Waals surface area (Å²) < 4.78 is 5.25. The Morgan fingerprint density at radius 3 is 2.52 bits per heavy atom. The monoisotopic (exact) mass is 482 g/mol. The Kier molecular flexibility index (Phi) is 7.92. The minimum absolute atomic E-state index is 0.116. The lowest BCUT2D eigenvalue weighted by Gasteiger charge is -2.32. The van der Waals surface area contributed by atoms with Gasteiger partial charge in [-0.2, -0.15) is 0 Å². The van der Waals surface area contributed by atoms with Crippen LogP contribution in [0.25, 0.3) is 0 Å². The van der Waals surface area contributed by atoms with Crippen LogP contribution in [0.5, 0.6) is 5.75 Å². The van der Waals surface area contributed by atoms with Crippen molar-refractivity contribution in [1.82, 2.24) is 10.2 Å². The third-order valence-corrected chi connectivity index (χ3v) is 6.70. The highest BCUT2D eigenvalue weighted by molar-refractivity contribution is 6.32. The number of methoxy groups -OCH3 is 1. The molecule has 1 N–H and O–H groups in total. The minimum atomic E-state index is -0.116. The predicted octanol–water partition coefficient (Wildman–Crippen LogP) is 6.31. The third-order valence-electron chi connectivity index (χ3n) is 6.17. The molecule has 0 aliphatic carbocycles. The Hall–Kier alpha value is -2.53. The number of rotatable bonds is 7. The SMILES string of the molecule is COc1ccc(CN2CCC(c3cccc(CNC(=O)c4cccc(Cl)c4)c3)CC2)cc1Cl. The van der Waals surface area contributed by atoms with Gasteiger partial charge in [0.15, 0.2) is 0 Å². The largest absolute Gasteiger partial charge is 0.495 e. The summed E-state index contributed by atoms with van der Waals surface area (Å²) in [6.07, 6.45) is 2.23. The van der Waals surface area contributed by atoms with Crippen LogP contribution in [-0.2, 0) is 13.1 Å². The molecule has 3 aromatic carbocycles. The van der Waals surface area contributed by atoms with Crippen molar-refractivity contribution >= 4 is 29.1 Å². The van der Waals surface area contributed by atoms with Gasteiger partial charge in [0.2, 0.25) is 0 Å². The van der Waals surface area contributed by atoms with Crippen molar-refractivity contribution in [1.29, 1.82) is 0 Å². The summed E-state index contributed by atoms with van der Waals surface area (Å²) in [5.74, 6) is 1.13. The molecule has 1 aliphatic heterocycles. The molecule has 4 rings (SSSR count). The Bertz CT molecular complexity index is 1110. The number of likely N-dealkylation sites (tertiary alicyclic amines) is 1. The van der Waals surface area contributed by atoms with Crippen LogP contribution in [0.15, 0.2) is 66.7 Å². The number of carbonyl (C=O) groups is 1. The van der Waals surface area contributed by atoms with Crippen molar-refractivity contribution in [2.24, 2.45) is 0 Å². The fourth-order valence-electron chi connectivity index (χ4n) is 4.36. The summed E-state index contributed by atoms with van der Waals surface area (Å²) in [7, 11) is 1.63. The number of hydrogen-bond donors (Lipinski definition) is 1. The lowest BCUT2D eigenvalue weighted by atomic mass is 9.88. The topological polar surface area (TPSA) is 41.6 Å².